The van der Waals surface area contributed by atoms with Crippen LogP contribution in [0.5, 0.6) is 0 Å². The molecule has 1 atom stereocenters. The average Bonchev–Trinajstić information content (AvgIpc) is 2.40. The minimum absolute atomic E-state index is 0. The van der Waals surface area contributed by atoms with Gasteiger partial charge in [-0.15, -0.1) is 0 Å². The zero-order chi connectivity index (χ0) is 15.1. The number of rotatable bonds is 15. The molecule has 0 aliphatic rings. The maximum atomic E-state index is 10.1. The number of ether oxygens (including phenoxy) is 1. The fraction of sp³-hybridized carbons (Fsp3) is 0.938. The molecule has 0 radical (unpaired) electrons. The number of carboxylic acid groups (broad SMARTS) is 1. The van der Waals surface area contributed by atoms with Crippen molar-refractivity contribution in [2.24, 2.45) is 0 Å². The maximum absolute atomic E-state index is 10.1. The van der Waals surface area contributed by atoms with Crippen molar-refractivity contribution in [2.45, 2.75) is 83.7 Å². The van der Waals surface area contributed by atoms with Crippen LogP contribution in [0.25, 0.3) is 0 Å². The first-order valence-electron chi connectivity index (χ1n) is 8.12. The molecule has 1 N–H and O–H groups in total. The summed E-state index contributed by atoms with van der Waals surface area (Å²) in [5, 5.41) is 19.7. The summed E-state index contributed by atoms with van der Waals surface area (Å²) >= 11 is 0. The summed E-state index contributed by atoms with van der Waals surface area (Å²) in [7, 11) is 0. The van der Waals surface area contributed by atoms with E-state index in [0.29, 0.717) is 6.42 Å². The maximum Gasteiger partial charge on any atom is 1.00 e. The summed E-state index contributed by atoms with van der Waals surface area (Å²) < 4.78 is 4.79. The van der Waals surface area contributed by atoms with Crippen molar-refractivity contribution in [1.82, 2.24) is 0 Å². The van der Waals surface area contributed by atoms with Crippen LogP contribution in [0.1, 0.15) is 77.6 Å². The minimum Gasteiger partial charge on any atom is -0.548 e. The number of carboxylic acids is 1. The molecule has 0 heterocycles. The molecule has 21 heavy (non-hydrogen) atoms. The number of aliphatic hydroxyl groups excluding tert-OH is 1. The predicted molar refractivity (Wildman–Crippen MR) is 78.3 cm³/mol. The minimum atomic E-state index is -1.24. The van der Waals surface area contributed by atoms with E-state index < -0.39 is 18.7 Å². The quantitative estimate of drug-likeness (QED) is 0.325. The Morgan fingerprint density at radius 3 is 1.95 bits per heavy atom. The van der Waals surface area contributed by atoms with Crippen LogP contribution < -0.4 is 34.7 Å². The molecular formula is C16H31NaO4. The molecule has 1 unspecified atom stereocenters. The van der Waals surface area contributed by atoms with Crippen LogP contribution in [-0.2, 0) is 9.53 Å². The molecule has 0 saturated carbocycles. The van der Waals surface area contributed by atoms with E-state index in [2.05, 4.69) is 6.92 Å². The zero-order valence-electron chi connectivity index (χ0n) is 13.9. The van der Waals surface area contributed by atoms with Gasteiger partial charge in [-0.25, -0.2) is 0 Å². The molecule has 0 fully saturated rings. The molecule has 0 aromatic rings. The van der Waals surface area contributed by atoms with Gasteiger partial charge in [-0.1, -0.05) is 71.1 Å². The molecule has 0 bridgehead atoms. The Kier molecular flexibility index (Phi) is 20.8. The molecule has 0 aromatic carbocycles. The molecular weight excluding hydrogens is 279 g/mol. The molecule has 120 valence electrons. The summed E-state index contributed by atoms with van der Waals surface area (Å²) in [6.45, 7) is 1.89. The Hall–Kier alpha value is 0.390. The van der Waals surface area contributed by atoms with Gasteiger partial charge in [-0.2, -0.15) is 0 Å². The zero-order valence-corrected chi connectivity index (χ0v) is 15.9. The monoisotopic (exact) mass is 310 g/mol. The fourth-order valence-electron chi connectivity index (χ4n) is 2.23. The standard InChI is InChI=1S/C16H32O4.Na/c1-2-3-4-5-6-7-8-9-10-11-12-15(17)13-20-14-16(18)19;/h15,17H,2-14H2,1H3,(H,18,19);/q;+1/p-1. The first-order valence-corrected chi connectivity index (χ1v) is 8.12. The molecule has 0 rings (SSSR count). The average molecular weight is 310 g/mol. The van der Waals surface area contributed by atoms with E-state index in [0.717, 1.165) is 12.8 Å². The number of aliphatic hydroxyl groups is 1. The van der Waals surface area contributed by atoms with E-state index >= 15 is 0 Å². The van der Waals surface area contributed by atoms with Crippen molar-refractivity contribution in [3.05, 3.63) is 0 Å². The van der Waals surface area contributed by atoms with Gasteiger partial charge in [0.2, 0.25) is 0 Å². The second kappa shape index (κ2) is 18.4. The van der Waals surface area contributed by atoms with Crippen LogP contribution in [0.15, 0.2) is 0 Å². The summed E-state index contributed by atoms with van der Waals surface area (Å²) in [4.78, 5) is 10.1. The SMILES string of the molecule is CCCCCCCCCCCCC(O)COCC(=O)[O-].[Na+]. The first kappa shape index (κ1) is 23.7. The molecule has 0 aliphatic heterocycles. The van der Waals surface area contributed by atoms with Crippen molar-refractivity contribution in [2.75, 3.05) is 13.2 Å². The van der Waals surface area contributed by atoms with Gasteiger partial charge in [0.25, 0.3) is 0 Å². The van der Waals surface area contributed by atoms with E-state index in [1.54, 1.807) is 0 Å². The topological polar surface area (TPSA) is 69.6 Å². The Morgan fingerprint density at radius 1 is 1.00 bits per heavy atom. The Bertz CT molecular complexity index is 224. The molecule has 0 aromatic heterocycles. The second-order valence-corrected chi connectivity index (χ2v) is 5.51. The van der Waals surface area contributed by atoms with Crippen LogP contribution in [0.3, 0.4) is 0 Å². The molecule has 0 amide bonds. The van der Waals surface area contributed by atoms with E-state index in [1.165, 1.54) is 51.4 Å². The second-order valence-electron chi connectivity index (χ2n) is 5.51. The van der Waals surface area contributed by atoms with E-state index in [-0.39, 0.29) is 36.2 Å². The number of aliphatic carboxylic acids is 1. The van der Waals surface area contributed by atoms with Crippen molar-refractivity contribution in [3.63, 3.8) is 0 Å². The molecule has 0 saturated heterocycles. The van der Waals surface area contributed by atoms with Gasteiger partial charge in [0.15, 0.2) is 0 Å². The normalized spacial score (nSPS) is 11.9. The van der Waals surface area contributed by atoms with Gasteiger partial charge in [0, 0.05) is 0 Å². The van der Waals surface area contributed by atoms with E-state index in [1.807, 2.05) is 0 Å². The van der Waals surface area contributed by atoms with Gasteiger partial charge in [-0.05, 0) is 6.42 Å². The number of carbonyl (C=O) groups excluding carboxylic acids is 1. The smallest absolute Gasteiger partial charge is 0.548 e. The molecule has 5 heteroatoms. The van der Waals surface area contributed by atoms with E-state index in [9.17, 15) is 15.0 Å². The Balaban J connectivity index is 0. The summed E-state index contributed by atoms with van der Waals surface area (Å²) in [6.07, 6.45) is 12.8. The fourth-order valence-corrected chi connectivity index (χ4v) is 2.23. The van der Waals surface area contributed by atoms with Crippen molar-refractivity contribution in [3.8, 4) is 0 Å². The first-order chi connectivity index (χ1) is 9.66. The van der Waals surface area contributed by atoms with Crippen molar-refractivity contribution < 1.29 is 49.3 Å². The van der Waals surface area contributed by atoms with E-state index in [4.69, 9.17) is 4.74 Å². The third-order valence-corrected chi connectivity index (χ3v) is 3.42. The molecule has 4 nitrogen and oxygen atoms in total. The molecule has 0 spiro atoms. The third kappa shape index (κ3) is 20.4. The Morgan fingerprint density at radius 2 is 1.48 bits per heavy atom. The van der Waals surface area contributed by atoms with Gasteiger partial charge in [-0.3, -0.25) is 0 Å². The van der Waals surface area contributed by atoms with Gasteiger partial charge in [0.05, 0.1) is 25.3 Å². The van der Waals surface area contributed by atoms with Crippen LogP contribution in [0.2, 0.25) is 0 Å². The number of unbranched alkanes of at least 4 members (excludes halogenated alkanes) is 9. The van der Waals surface area contributed by atoms with Gasteiger partial charge < -0.3 is 19.7 Å². The van der Waals surface area contributed by atoms with Crippen molar-refractivity contribution in [1.29, 1.82) is 0 Å². The largest absolute Gasteiger partial charge is 1.00 e. The predicted octanol–water partition coefficient (Wildman–Crippen LogP) is -0.571. The van der Waals surface area contributed by atoms with Gasteiger partial charge >= 0.3 is 29.6 Å². The number of hydrogen-bond acceptors (Lipinski definition) is 4. The Labute approximate surface area is 151 Å². The van der Waals surface area contributed by atoms with Crippen LogP contribution >= 0.6 is 0 Å². The summed E-state index contributed by atoms with van der Waals surface area (Å²) in [6, 6.07) is 0. The van der Waals surface area contributed by atoms with Crippen molar-refractivity contribution >= 4 is 5.97 Å². The number of hydrogen-bond donors (Lipinski definition) is 1. The third-order valence-electron chi connectivity index (χ3n) is 3.42. The summed E-state index contributed by atoms with van der Waals surface area (Å²) in [5.74, 6) is -1.24. The van der Waals surface area contributed by atoms with Gasteiger partial charge in [0.1, 0.15) is 0 Å². The van der Waals surface area contributed by atoms with Crippen LogP contribution in [0, 0.1) is 0 Å². The van der Waals surface area contributed by atoms with Crippen LogP contribution in [-0.4, -0.2) is 30.4 Å². The number of carbonyl (C=O) groups is 1. The summed E-state index contributed by atoms with van der Waals surface area (Å²) in [5.41, 5.74) is 0. The molecule has 0 aliphatic carbocycles. The van der Waals surface area contributed by atoms with Crippen LogP contribution in [0.4, 0.5) is 0 Å².